The third-order valence-electron chi connectivity index (χ3n) is 3.00. The predicted octanol–water partition coefficient (Wildman–Crippen LogP) is 2.57. The molecule has 110 valence electrons. The van der Waals surface area contributed by atoms with Crippen LogP contribution in [0.15, 0.2) is 34.7 Å². The number of benzene rings is 1. The summed E-state index contributed by atoms with van der Waals surface area (Å²) in [6.07, 6.45) is 0. The fourth-order valence-electron chi connectivity index (χ4n) is 1.93. The largest absolute Gasteiger partial charge is 0.464 e. The van der Waals surface area contributed by atoms with E-state index in [1.54, 1.807) is 26.0 Å². The molecule has 3 N–H and O–H groups in total. The summed E-state index contributed by atoms with van der Waals surface area (Å²) in [4.78, 5) is 22.5. The third-order valence-corrected chi connectivity index (χ3v) is 3.00. The summed E-state index contributed by atoms with van der Waals surface area (Å²) in [6.45, 7) is 3.52. The molecule has 1 amide bonds. The van der Waals surface area contributed by atoms with Crippen LogP contribution in [-0.2, 0) is 0 Å². The number of nitrogens with one attached hydrogen (secondary N) is 1. The van der Waals surface area contributed by atoms with Crippen LogP contribution in [0, 0.1) is 17.0 Å². The Labute approximate surface area is 120 Å². The van der Waals surface area contributed by atoms with Crippen LogP contribution in [0.2, 0.25) is 0 Å². The Morgan fingerprint density at radius 2 is 2.10 bits per heavy atom. The van der Waals surface area contributed by atoms with E-state index in [9.17, 15) is 14.9 Å². The molecule has 2 aromatic rings. The highest BCUT2D eigenvalue weighted by molar-refractivity contribution is 5.99. The molecule has 1 unspecified atom stereocenters. The molecule has 1 atom stereocenters. The molecule has 7 nitrogen and oxygen atoms in total. The molecule has 1 heterocycles. The van der Waals surface area contributed by atoms with Crippen LogP contribution >= 0.6 is 0 Å². The lowest BCUT2D eigenvalue weighted by molar-refractivity contribution is -0.385. The van der Waals surface area contributed by atoms with Crippen molar-refractivity contribution in [1.29, 1.82) is 0 Å². The molecule has 21 heavy (non-hydrogen) atoms. The topological polar surface area (TPSA) is 111 Å². The number of furan rings is 1. The number of amides is 1. The van der Waals surface area contributed by atoms with Gasteiger partial charge in [0.25, 0.3) is 11.6 Å². The molecule has 1 aromatic heterocycles. The average Bonchev–Trinajstić information content (AvgIpc) is 2.85. The molecule has 0 spiro atoms. The van der Waals surface area contributed by atoms with Gasteiger partial charge in [0, 0.05) is 11.8 Å². The summed E-state index contributed by atoms with van der Waals surface area (Å²) in [5.74, 6) is 0.726. The lowest BCUT2D eigenvalue weighted by atomic mass is 10.1. The van der Waals surface area contributed by atoms with Crippen molar-refractivity contribution in [2.24, 2.45) is 0 Å². The summed E-state index contributed by atoms with van der Waals surface area (Å²) in [5.41, 5.74) is 5.51. The molecule has 1 aromatic carbocycles. The van der Waals surface area contributed by atoms with Gasteiger partial charge in [0.15, 0.2) is 0 Å². The number of hydrogen-bond acceptors (Lipinski definition) is 5. The predicted molar refractivity (Wildman–Crippen MR) is 76.8 cm³/mol. The highest BCUT2D eigenvalue weighted by Crippen LogP contribution is 2.23. The lowest BCUT2D eigenvalue weighted by Crippen LogP contribution is -2.27. The van der Waals surface area contributed by atoms with Crippen LogP contribution in [0.3, 0.4) is 0 Å². The standard InChI is InChI=1S/C14H15N3O4/c1-8-3-6-13(21-8)9(2)16-14(18)11-7-10(15)4-5-12(11)17(19)20/h3-7,9H,15H2,1-2H3,(H,16,18). The lowest BCUT2D eigenvalue weighted by Gasteiger charge is -2.12. The number of carbonyl (C=O) groups is 1. The van der Waals surface area contributed by atoms with Gasteiger partial charge in [0.1, 0.15) is 17.1 Å². The van der Waals surface area contributed by atoms with Crippen molar-refractivity contribution in [3.63, 3.8) is 0 Å². The number of aryl methyl sites for hydroxylation is 1. The molecule has 0 aliphatic rings. The second-order valence-corrected chi connectivity index (χ2v) is 4.68. The van der Waals surface area contributed by atoms with Gasteiger partial charge in [-0.25, -0.2) is 0 Å². The minimum atomic E-state index is -0.615. The first-order valence-corrected chi connectivity index (χ1v) is 6.29. The Bertz CT molecular complexity index is 693. The molecule has 0 aliphatic heterocycles. The van der Waals surface area contributed by atoms with Crippen molar-refractivity contribution in [2.45, 2.75) is 19.9 Å². The van der Waals surface area contributed by atoms with Gasteiger partial charge >= 0.3 is 0 Å². The first kappa shape index (κ1) is 14.6. The van der Waals surface area contributed by atoms with Crippen molar-refractivity contribution in [1.82, 2.24) is 5.32 Å². The summed E-state index contributed by atoms with van der Waals surface area (Å²) < 4.78 is 5.41. The second-order valence-electron chi connectivity index (χ2n) is 4.68. The molecule has 0 saturated heterocycles. The van der Waals surface area contributed by atoms with E-state index in [0.717, 1.165) is 5.76 Å². The molecule has 0 bridgehead atoms. The molecular weight excluding hydrogens is 274 g/mol. The molecule has 0 aliphatic carbocycles. The number of carbonyl (C=O) groups excluding carboxylic acids is 1. The number of nitro benzene ring substituents is 1. The maximum Gasteiger partial charge on any atom is 0.282 e. The minimum absolute atomic E-state index is 0.0740. The maximum absolute atomic E-state index is 12.2. The van der Waals surface area contributed by atoms with Gasteiger partial charge in [-0.15, -0.1) is 0 Å². The highest BCUT2D eigenvalue weighted by atomic mass is 16.6. The number of nitrogen functional groups attached to an aromatic ring is 1. The van der Waals surface area contributed by atoms with E-state index in [1.807, 2.05) is 0 Å². The van der Waals surface area contributed by atoms with Gasteiger partial charge in [-0.1, -0.05) is 0 Å². The van der Waals surface area contributed by atoms with Crippen LogP contribution < -0.4 is 11.1 Å². The molecule has 0 radical (unpaired) electrons. The zero-order valence-electron chi connectivity index (χ0n) is 11.6. The fraction of sp³-hybridized carbons (Fsp3) is 0.214. The molecule has 0 fully saturated rings. The highest BCUT2D eigenvalue weighted by Gasteiger charge is 2.22. The van der Waals surface area contributed by atoms with Gasteiger partial charge in [0.2, 0.25) is 0 Å². The average molecular weight is 289 g/mol. The normalized spacial score (nSPS) is 11.9. The van der Waals surface area contributed by atoms with Crippen molar-refractivity contribution < 1.29 is 14.1 Å². The summed E-state index contributed by atoms with van der Waals surface area (Å²) in [7, 11) is 0. The minimum Gasteiger partial charge on any atom is -0.464 e. The SMILES string of the molecule is Cc1ccc(C(C)NC(=O)c2cc(N)ccc2[N+](=O)[O-])o1. The van der Waals surface area contributed by atoms with Crippen molar-refractivity contribution in [3.8, 4) is 0 Å². The van der Waals surface area contributed by atoms with E-state index in [2.05, 4.69) is 5.32 Å². The third kappa shape index (κ3) is 3.19. The Kier molecular flexibility index (Phi) is 3.93. The first-order valence-electron chi connectivity index (χ1n) is 6.29. The van der Waals surface area contributed by atoms with E-state index in [4.69, 9.17) is 10.2 Å². The van der Waals surface area contributed by atoms with Crippen LogP contribution in [0.5, 0.6) is 0 Å². The summed E-state index contributed by atoms with van der Waals surface area (Å²) in [6, 6.07) is 7.00. The zero-order valence-corrected chi connectivity index (χ0v) is 11.6. The van der Waals surface area contributed by atoms with Crippen LogP contribution in [0.1, 0.15) is 34.8 Å². The summed E-state index contributed by atoms with van der Waals surface area (Å²) >= 11 is 0. The number of hydrogen-bond donors (Lipinski definition) is 2. The van der Waals surface area contributed by atoms with Crippen molar-refractivity contribution in [3.05, 3.63) is 57.5 Å². The van der Waals surface area contributed by atoms with E-state index in [-0.39, 0.29) is 16.9 Å². The zero-order chi connectivity index (χ0) is 15.6. The molecular formula is C14H15N3O4. The fourth-order valence-corrected chi connectivity index (χ4v) is 1.93. The summed E-state index contributed by atoms with van der Waals surface area (Å²) in [5, 5.41) is 13.6. The van der Waals surface area contributed by atoms with Gasteiger partial charge < -0.3 is 15.5 Å². The van der Waals surface area contributed by atoms with Gasteiger partial charge in [0.05, 0.1) is 11.0 Å². The van der Waals surface area contributed by atoms with Gasteiger partial charge in [-0.3, -0.25) is 14.9 Å². The Morgan fingerprint density at radius 1 is 1.38 bits per heavy atom. The first-order chi connectivity index (χ1) is 9.88. The number of rotatable bonds is 4. The van der Waals surface area contributed by atoms with Crippen LogP contribution in [0.25, 0.3) is 0 Å². The second kappa shape index (κ2) is 5.66. The van der Waals surface area contributed by atoms with Crippen molar-refractivity contribution in [2.75, 3.05) is 5.73 Å². The van der Waals surface area contributed by atoms with Gasteiger partial charge in [-0.2, -0.15) is 0 Å². The molecule has 2 rings (SSSR count). The maximum atomic E-state index is 12.2. The van der Waals surface area contributed by atoms with Crippen LogP contribution in [-0.4, -0.2) is 10.8 Å². The van der Waals surface area contributed by atoms with Gasteiger partial charge in [-0.05, 0) is 38.1 Å². The van der Waals surface area contributed by atoms with E-state index < -0.39 is 16.9 Å². The quantitative estimate of drug-likeness (QED) is 0.510. The smallest absolute Gasteiger partial charge is 0.282 e. The van der Waals surface area contributed by atoms with E-state index in [0.29, 0.717) is 5.76 Å². The number of nitrogens with two attached hydrogens (primary N) is 1. The molecule has 0 saturated carbocycles. The van der Waals surface area contributed by atoms with Crippen LogP contribution in [0.4, 0.5) is 11.4 Å². The Morgan fingerprint density at radius 3 is 2.67 bits per heavy atom. The Balaban J connectivity index is 2.24. The number of nitro groups is 1. The molecule has 7 heteroatoms. The number of nitrogens with zero attached hydrogens (tertiary/aromatic N) is 1. The van der Waals surface area contributed by atoms with E-state index in [1.165, 1.54) is 18.2 Å². The monoisotopic (exact) mass is 289 g/mol. The van der Waals surface area contributed by atoms with Crippen molar-refractivity contribution >= 4 is 17.3 Å². The van der Waals surface area contributed by atoms with E-state index >= 15 is 0 Å². The Hall–Kier alpha value is -2.83. The number of anilines is 1.